The molecule has 1 amide bonds. The number of hydrogen-bond donors (Lipinski definition) is 0. The van der Waals surface area contributed by atoms with Gasteiger partial charge in [-0.2, -0.15) is 0 Å². The minimum absolute atomic E-state index is 0.0863. The molecule has 1 saturated carbocycles. The molecule has 1 heterocycles. The van der Waals surface area contributed by atoms with Crippen LogP contribution in [0.2, 0.25) is 0 Å². The number of carbonyl (C=O) groups excluding carboxylic acids is 1. The van der Waals surface area contributed by atoms with Crippen molar-refractivity contribution in [3.63, 3.8) is 0 Å². The molecule has 1 aliphatic heterocycles. The third-order valence-corrected chi connectivity index (χ3v) is 3.91. The Morgan fingerprint density at radius 1 is 1.23 bits per heavy atom. The summed E-state index contributed by atoms with van der Waals surface area (Å²) in [5.74, 6) is 0. The van der Waals surface area contributed by atoms with Crippen molar-refractivity contribution in [3.8, 4) is 0 Å². The van der Waals surface area contributed by atoms with Crippen LogP contribution in [0.3, 0.4) is 0 Å². The van der Waals surface area contributed by atoms with Gasteiger partial charge < -0.3 is 4.74 Å². The lowest BCUT2D eigenvalue weighted by molar-refractivity contribution is -0.0500. The highest BCUT2D eigenvalue weighted by Gasteiger charge is 2.40. The van der Waals surface area contributed by atoms with Gasteiger partial charge in [-0.1, -0.05) is 6.42 Å². The molecule has 0 atom stereocenters. The molecule has 0 radical (unpaired) electrons. The maximum atomic E-state index is 11.4. The summed E-state index contributed by atoms with van der Waals surface area (Å²) >= 11 is 2.02. The lowest BCUT2D eigenvalue weighted by Crippen LogP contribution is -2.47. The largest absolute Gasteiger partial charge is 0.442 e. The van der Waals surface area contributed by atoms with Crippen LogP contribution in [0.4, 0.5) is 4.79 Å². The first-order chi connectivity index (χ1) is 6.22. The first-order valence-corrected chi connectivity index (χ1v) is 5.85. The Labute approximate surface area is 92.3 Å². The monoisotopic (exact) mass is 295 g/mol. The average Bonchev–Trinajstić information content (AvgIpc) is 2.14. The molecule has 2 fully saturated rings. The third-order valence-electron chi connectivity index (χ3n) is 3.03. The molecule has 1 aliphatic carbocycles. The Morgan fingerprint density at radius 2 is 1.92 bits per heavy atom. The molecule has 2 rings (SSSR count). The summed E-state index contributed by atoms with van der Waals surface area (Å²) in [6, 6.07) is 0. The normalized spacial score (nSPS) is 27.5. The van der Waals surface area contributed by atoms with Crippen LogP contribution in [0.25, 0.3) is 0 Å². The van der Waals surface area contributed by atoms with Gasteiger partial charge in [0.2, 0.25) is 0 Å². The minimum atomic E-state index is -0.145. The van der Waals surface area contributed by atoms with E-state index < -0.39 is 0 Å². The summed E-state index contributed by atoms with van der Waals surface area (Å²) in [5.41, 5.74) is -0.0863. The van der Waals surface area contributed by atoms with E-state index in [1.54, 1.807) is 3.11 Å². The highest BCUT2D eigenvalue weighted by molar-refractivity contribution is 14.1. The topological polar surface area (TPSA) is 29.5 Å². The van der Waals surface area contributed by atoms with Gasteiger partial charge in [0.1, 0.15) is 5.60 Å². The number of ether oxygens (including phenoxy) is 1. The minimum Gasteiger partial charge on any atom is -0.442 e. The molecule has 0 N–H and O–H groups in total. The average molecular weight is 295 g/mol. The van der Waals surface area contributed by atoms with Crippen LogP contribution in [0.1, 0.15) is 38.5 Å². The number of carbonyl (C=O) groups is 1. The number of halogens is 1. The van der Waals surface area contributed by atoms with Gasteiger partial charge in [-0.3, -0.25) is 0 Å². The smallest absolute Gasteiger partial charge is 0.419 e. The molecule has 3 nitrogen and oxygen atoms in total. The summed E-state index contributed by atoms with van der Waals surface area (Å²) in [5, 5.41) is 0. The van der Waals surface area contributed by atoms with E-state index >= 15 is 0 Å². The lowest BCUT2D eigenvalue weighted by Gasteiger charge is -2.41. The summed E-state index contributed by atoms with van der Waals surface area (Å²) < 4.78 is 7.14. The number of hydrogen-bond acceptors (Lipinski definition) is 2. The van der Waals surface area contributed by atoms with E-state index in [1.165, 1.54) is 19.3 Å². The quantitative estimate of drug-likeness (QED) is 0.508. The molecule has 1 spiro atoms. The van der Waals surface area contributed by atoms with Crippen LogP contribution in [0.5, 0.6) is 0 Å². The zero-order valence-electron chi connectivity index (χ0n) is 7.59. The number of rotatable bonds is 0. The van der Waals surface area contributed by atoms with Crippen molar-refractivity contribution in [3.05, 3.63) is 0 Å². The fraction of sp³-hybridized carbons (Fsp3) is 0.889. The van der Waals surface area contributed by atoms with Crippen molar-refractivity contribution < 1.29 is 9.53 Å². The lowest BCUT2D eigenvalue weighted by atomic mass is 9.82. The highest BCUT2D eigenvalue weighted by atomic mass is 127. The van der Waals surface area contributed by atoms with Gasteiger partial charge in [0.05, 0.1) is 22.9 Å². The van der Waals surface area contributed by atoms with Crippen LogP contribution in [0, 0.1) is 0 Å². The summed E-state index contributed by atoms with van der Waals surface area (Å²) in [6.45, 7) is 0.847. The van der Waals surface area contributed by atoms with Crippen LogP contribution in [-0.2, 0) is 4.74 Å². The molecule has 4 heteroatoms. The van der Waals surface area contributed by atoms with E-state index in [-0.39, 0.29) is 11.7 Å². The molecule has 13 heavy (non-hydrogen) atoms. The van der Waals surface area contributed by atoms with E-state index in [9.17, 15) is 4.79 Å². The highest BCUT2D eigenvalue weighted by Crippen LogP contribution is 2.38. The van der Waals surface area contributed by atoms with Crippen molar-refractivity contribution in [1.82, 2.24) is 3.11 Å². The van der Waals surface area contributed by atoms with Gasteiger partial charge in [-0.15, -0.1) is 0 Å². The van der Waals surface area contributed by atoms with Crippen molar-refractivity contribution >= 4 is 29.0 Å². The first kappa shape index (κ1) is 9.55. The van der Waals surface area contributed by atoms with Gasteiger partial charge in [0, 0.05) is 13.0 Å². The molecule has 2 aliphatic rings. The molecule has 0 aromatic heterocycles. The van der Waals surface area contributed by atoms with Gasteiger partial charge >= 0.3 is 6.09 Å². The Kier molecular flexibility index (Phi) is 2.67. The maximum Gasteiger partial charge on any atom is 0.419 e. The van der Waals surface area contributed by atoms with Crippen molar-refractivity contribution in [2.45, 2.75) is 44.1 Å². The first-order valence-electron chi connectivity index (χ1n) is 4.88. The van der Waals surface area contributed by atoms with Crippen molar-refractivity contribution in [2.24, 2.45) is 0 Å². The summed E-state index contributed by atoms with van der Waals surface area (Å²) in [4.78, 5) is 11.4. The summed E-state index contributed by atoms with van der Waals surface area (Å²) in [6.07, 6.45) is 6.75. The van der Waals surface area contributed by atoms with Gasteiger partial charge in [0.15, 0.2) is 0 Å². The molecule has 0 bridgehead atoms. The molecular formula is C9H14INO2. The Hall–Kier alpha value is 0. The van der Waals surface area contributed by atoms with Gasteiger partial charge in [-0.05, 0) is 25.7 Å². The summed E-state index contributed by atoms with van der Waals surface area (Å²) in [7, 11) is 0. The van der Waals surface area contributed by atoms with Crippen LogP contribution in [0.15, 0.2) is 0 Å². The Bertz CT molecular complexity index is 214. The van der Waals surface area contributed by atoms with E-state index in [2.05, 4.69) is 0 Å². The fourth-order valence-electron chi connectivity index (χ4n) is 2.23. The third kappa shape index (κ3) is 1.92. The van der Waals surface area contributed by atoms with E-state index in [0.29, 0.717) is 0 Å². The zero-order valence-corrected chi connectivity index (χ0v) is 9.75. The number of nitrogens with zero attached hydrogens (tertiary/aromatic N) is 1. The SMILES string of the molecule is O=C1OC2(CCCCC2)CCN1I. The second-order valence-corrected chi connectivity index (χ2v) is 5.11. The molecule has 1 saturated heterocycles. The Morgan fingerprint density at radius 3 is 2.54 bits per heavy atom. The molecule has 74 valence electrons. The van der Waals surface area contributed by atoms with Gasteiger partial charge in [-0.25, -0.2) is 7.91 Å². The van der Waals surface area contributed by atoms with Crippen LogP contribution in [-0.4, -0.2) is 21.4 Å². The number of amides is 1. The zero-order chi connectivity index (χ0) is 9.31. The fourth-order valence-corrected chi connectivity index (χ4v) is 2.57. The maximum absolute atomic E-state index is 11.4. The van der Waals surface area contributed by atoms with Crippen molar-refractivity contribution in [2.75, 3.05) is 6.54 Å². The van der Waals surface area contributed by atoms with Crippen LogP contribution < -0.4 is 0 Å². The van der Waals surface area contributed by atoms with E-state index in [1.807, 2.05) is 22.9 Å². The van der Waals surface area contributed by atoms with E-state index in [0.717, 1.165) is 25.8 Å². The molecular weight excluding hydrogens is 281 g/mol. The molecule has 0 aromatic rings. The predicted molar refractivity (Wildman–Crippen MR) is 57.6 cm³/mol. The van der Waals surface area contributed by atoms with Gasteiger partial charge in [0.25, 0.3) is 0 Å². The molecule has 0 unspecified atom stereocenters. The van der Waals surface area contributed by atoms with E-state index in [4.69, 9.17) is 4.74 Å². The van der Waals surface area contributed by atoms with Crippen molar-refractivity contribution in [1.29, 1.82) is 0 Å². The molecule has 0 aromatic carbocycles. The Balaban J connectivity index is 2.03. The predicted octanol–water partition coefficient (Wildman–Crippen LogP) is 2.88. The standard InChI is InChI=1S/C9H14INO2/c10-11-7-6-9(13-8(11)12)4-2-1-3-5-9/h1-7H2. The second kappa shape index (κ2) is 3.63. The second-order valence-electron chi connectivity index (χ2n) is 3.95. The van der Waals surface area contributed by atoms with Crippen LogP contribution >= 0.6 is 22.9 Å².